The van der Waals surface area contributed by atoms with Crippen molar-refractivity contribution in [3.05, 3.63) is 65.7 Å². The Morgan fingerprint density at radius 2 is 1.68 bits per heavy atom. The van der Waals surface area contributed by atoms with Gasteiger partial charge >= 0.3 is 12.1 Å². The molecule has 6 nitrogen and oxygen atoms in total. The Bertz CT molecular complexity index is 740. The van der Waals surface area contributed by atoms with Crippen molar-refractivity contribution in [3.8, 4) is 0 Å². The van der Waals surface area contributed by atoms with E-state index >= 15 is 0 Å². The van der Waals surface area contributed by atoms with Crippen LogP contribution in [-0.4, -0.2) is 23.0 Å². The molecule has 2 aromatic rings. The number of carboxylic acids is 1. The molecule has 0 aliphatic heterocycles. The molecule has 1 atom stereocenters. The van der Waals surface area contributed by atoms with Crippen LogP contribution in [0, 0.1) is 5.92 Å². The van der Waals surface area contributed by atoms with E-state index in [9.17, 15) is 14.4 Å². The smallest absolute Gasteiger partial charge is 0.411 e. The number of ether oxygens (including phenoxy) is 1. The van der Waals surface area contributed by atoms with Crippen molar-refractivity contribution in [1.29, 1.82) is 0 Å². The molecule has 0 fully saturated rings. The highest BCUT2D eigenvalue weighted by molar-refractivity contribution is 5.99. The van der Waals surface area contributed by atoms with Gasteiger partial charge in [0, 0.05) is 17.2 Å². The third-order valence-electron chi connectivity index (χ3n) is 3.56. The summed E-state index contributed by atoms with van der Waals surface area (Å²) in [7, 11) is 0. The van der Waals surface area contributed by atoms with Crippen molar-refractivity contribution in [1.82, 2.24) is 0 Å². The number of carboxylic acid groups (broad SMARTS) is 1. The number of hydrogen-bond donors (Lipinski definition) is 2. The molecule has 1 amide bonds. The van der Waals surface area contributed by atoms with Gasteiger partial charge in [-0.25, -0.2) is 4.79 Å². The van der Waals surface area contributed by atoms with Crippen molar-refractivity contribution in [2.45, 2.75) is 20.0 Å². The first-order valence-corrected chi connectivity index (χ1v) is 7.79. The van der Waals surface area contributed by atoms with Crippen LogP contribution in [0.4, 0.5) is 10.5 Å². The Labute approximate surface area is 145 Å². The number of rotatable bonds is 7. The lowest BCUT2D eigenvalue weighted by atomic mass is 9.96. The van der Waals surface area contributed by atoms with Crippen molar-refractivity contribution in [3.63, 3.8) is 0 Å². The number of carbonyl (C=O) groups is 3. The van der Waals surface area contributed by atoms with Crippen LogP contribution in [0.3, 0.4) is 0 Å². The number of aliphatic carboxylic acids is 1. The lowest BCUT2D eigenvalue weighted by Crippen LogP contribution is -2.16. The molecule has 25 heavy (non-hydrogen) atoms. The number of benzene rings is 2. The molecule has 130 valence electrons. The maximum Gasteiger partial charge on any atom is 0.411 e. The van der Waals surface area contributed by atoms with E-state index < -0.39 is 18.0 Å². The number of anilines is 1. The maximum atomic E-state index is 12.1. The summed E-state index contributed by atoms with van der Waals surface area (Å²) in [5, 5.41) is 11.3. The zero-order chi connectivity index (χ0) is 18.2. The van der Waals surface area contributed by atoms with Gasteiger partial charge in [0.15, 0.2) is 5.78 Å². The summed E-state index contributed by atoms with van der Waals surface area (Å²) in [5.41, 5.74) is 1.77. The van der Waals surface area contributed by atoms with Crippen LogP contribution < -0.4 is 5.32 Å². The van der Waals surface area contributed by atoms with Gasteiger partial charge in [-0.1, -0.05) is 37.3 Å². The zero-order valence-corrected chi connectivity index (χ0v) is 13.8. The fourth-order valence-corrected chi connectivity index (χ4v) is 2.23. The molecule has 0 saturated heterocycles. The minimum absolute atomic E-state index is 0.163. The van der Waals surface area contributed by atoms with E-state index in [0.717, 1.165) is 5.56 Å². The summed E-state index contributed by atoms with van der Waals surface area (Å²) in [4.78, 5) is 34.5. The number of Topliss-reactive ketones (excluding diaryl/α,β-unsaturated/α-hetero) is 1. The van der Waals surface area contributed by atoms with Crippen LogP contribution in [0.5, 0.6) is 0 Å². The molecule has 0 saturated carbocycles. The van der Waals surface area contributed by atoms with Gasteiger partial charge in [0.05, 0.1) is 6.42 Å². The number of ketones is 1. The van der Waals surface area contributed by atoms with Gasteiger partial charge in [-0.3, -0.25) is 14.9 Å². The first-order chi connectivity index (χ1) is 12.0. The number of carbonyl (C=O) groups excluding carboxylic acids is 2. The fourth-order valence-electron chi connectivity index (χ4n) is 2.23. The quantitative estimate of drug-likeness (QED) is 0.749. The molecular formula is C19H19NO5. The minimum atomic E-state index is -1.01. The standard InChI is InChI=1S/C19H19NO5/c1-13(11-17(21)22)18(23)15-7-9-16(10-8-15)20-19(24)25-12-14-5-3-2-4-6-14/h2-10,13H,11-12H2,1H3,(H,20,24)(H,21,22). The second kappa shape index (κ2) is 8.63. The number of nitrogens with one attached hydrogen (secondary N) is 1. The summed E-state index contributed by atoms with van der Waals surface area (Å²) >= 11 is 0. The maximum absolute atomic E-state index is 12.1. The van der Waals surface area contributed by atoms with Crippen LogP contribution in [0.15, 0.2) is 54.6 Å². The highest BCUT2D eigenvalue weighted by Gasteiger charge is 2.18. The SMILES string of the molecule is CC(CC(=O)O)C(=O)c1ccc(NC(=O)OCc2ccccc2)cc1. The van der Waals surface area contributed by atoms with Crippen LogP contribution >= 0.6 is 0 Å². The number of amides is 1. The Morgan fingerprint density at radius 3 is 2.28 bits per heavy atom. The first kappa shape index (κ1) is 18.2. The second-order valence-electron chi connectivity index (χ2n) is 5.63. The molecule has 2 aromatic carbocycles. The van der Waals surface area contributed by atoms with Gasteiger partial charge in [-0.2, -0.15) is 0 Å². The Hall–Kier alpha value is -3.15. The number of hydrogen-bond acceptors (Lipinski definition) is 4. The van der Waals surface area contributed by atoms with E-state index in [1.165, 1.54) is 0 Å². The first-order valence-electron chi connectivity index (χ1n) is 7.79. The third kappa shape index (κ3) is 5.76. The molecule has 0 aliphatic rings. The fraction of sp³-hybridized carbons (Fsp3) is 0.211. The normalized spacial score (nSPS) is 11.4. The van der Waals surface area contributed by atoms with Crippen LogP contribution in [0.2, 0.25) is 0 Å². The predicted octanol–water partition coefficient (Wildman–Crippen LogP) is 3.73. The topological polar surface area (TPSA) is 92.7 Å². The molecular weight excluding hydrogens is 322 g/mol. The van der Waals surface area contributed by atoms with E-state index in [4.69, 9.17) is 9.84 Å². The lowest BCUT2D eigenvalue weighted by molar-refractivity contribution is -0.137. The van der Waals surface area contributed by atoms with E-state index in [0.29, 0.717) is 11.3 Å². The van der Waals surface area contributed by atoms with E-state index in [1.807, 2.05) is 30.3 Å². The summed E-state index contributed by atoms with van der Waals surface area (Å²) in [5.74, 6) is -1.87. The highest BCUT2D eigenvalue weighted by atomic mass is 16.5. The molecule has 0 radical (unpaired) electrons. The summed E-state index contributed by atoms with van der Waals surface area (Å²) in [6.45, 7) is 1.74. The lowest BCUT2D eigenvalue weighted by Gasteiger charge is -2.10. The Kier molecular flexibility index (Phi) is 6.28. The Morgan fingerprint density at radius 1 is 1.04 bits per heavy atom. The predicted molar refractivity (Wildman–Crippen MR) is 92.4 cm³/mol. The van der Waals surface area contributed by atoms with Gasteiger partial charge in [-0.15, -0.1) is 0 Å². The molecule has 2 N–H and O–H groups in total. The van der Waals surface area contributed by atoms with E-state index in [2.05, 4.69) is 5.32 Å². The average Bonchev–Trinajstić information content (AvgIpc) is 2.60. The molecule has 2 rings (SSSR count). The van der Waals surface area contributed by atoms with E-state index in [1.54, 1.807) is 31.2 Å². The summed E-state index contributed by atoms with van der Waals surface area (Å²) in [6, 6.07) is 15.5. The average molecular weight is 341 g/mol. The van der Waals surface area contributed by atoms with Crippen molar-refractivity contribution in [2.24, 2.45) is 5.92 Å². The summed E-state index contributed by atoms with van der Waals surface area (Å²) in [6.07, 6.45) is -0.813. The van der Waals surface area contributed by atoms with E-state index in [-0.39, 0.29) is 18.8 Å². The van der Waals surface area contributed by atoms with Gasteiger partial charge in [0.25, 0.3) is 0 Å². The summed E-state index contributed by atoms with van der Waals surface area (Å²) < 4.78 is 5.11. The van der Waals surface area contributed by atoms with Crippen molar-refractivity contribution < 1.29 is 24.2 Å². The van der Waals surface area contributed by atoms with Gasteiger partial charge in [0.1, 0.15) is 6.61 Å². The molecule has 1 unspecified atom stereocenters. The molecule has 6 heteroatoms. The van der Waals surface area contributed by atoms with Crippen LogP contribution in [0.25, 0.3) is 0 Å². The van der Waals surface area contributed by atoms with Gasteiger partial charge in [-0.05, 0) is 29.8 Å². The second-order valence-corrected chi connectivity index (χ2v) is 5.63. The monoisotopic (exact) mass is 341 g/mol. The van der Waals surface area contributed by atoms with Gasteiger partial charge < -0.3 is 9.84 Å². The van der Waals surface area contributed by atoms with Crippen LogP contribution in [-0.2, 0) is 16.1 Å². The van der Waals surface area contributed by atoms with Crippen molar-refractivity contribution >= 4 is 23.5 Å². The largest absolute Gasteiger partial charge is 0.481 e. The molecule has 0 bridgehead atoms. The molecule has 0 spiro atoms. The Balaban J connectivity index is 1.88. The highest BCUT2D eigenvalue weighted by Crippen LogP contribution is 2.16. The van der Waals surface area contributed by atoms with Gasteiger partial charge in [0.2, 0.25) is 0 Å². The van der Waals surface area contributed by atoms with Crippen molar-refractivity contribution in [2.75, 3.05) is 5.32 Å². The molecule has 0 aliphatic carbocycles. The third-order valence-corrected chi connectivity index (χ3v) is 3.56. The minimum Gasteiger partial charge on any atom is -0.481 e. The molecule has 0 heterocycles. The van der Waals surface area contributed by atoms with Crippen LogP contribution in [0.1, 0.15) is 29.3 Å². The molecule has 0 aromatic heterocycles. The zero-order valence-electron chi connectivity index (χ0n) is 13.8.